The molecule has 8 heteroatoms. The maximum Gasteiger partial charge on any atom is 0.261 e. The maximum absolute atomic E-state index is 13.3. The topological polar surface area (TPSA) is 67.4 Å². The van der Waals surface area contributed by atoms with E-state index >= 15 is 0 Å². The summed E-state index contributed by atoms with van der Waals surface area (Å²) in [7, 11) is -3.80. The molecule has 0 radical (unpaired) electrons. The number of benzene rings is 4. The van der Waals surface area contributed by atoms with Crippen molar-refractivity contribution in [2.45, 2.75) is 23.3 Å². The first-order valence-corrected chi connectivity index (χ1v) is 14.5. The Balaban J connectivity index is 1.23. The fourth-order valence-electron chi connectivity index (χ4n) is 5.21. The Morgan fingerprint density at radius 3 is 2.37 bits per heavy atom. The van der Waals surface area contributed by atoms with Gasteiger partial charge in [0.25, 0.3) is 10.0 Å². The van der Waals surface area contributed by atoms with Crippen molar-refractivity contribution >= 4 is 44.6 Å². The summed E-state index contributed by atoms with van der Waals surface area (Å²) in [5.74, 6) is 1.66. The second-order valence-electron chi connectivity index (χ2n) is 9.44. The molecule has 3 atom stereocenters. The van der Waals surface area contributed by atoms with Crippen LogP contribution in [0.4, 0.5) is 11.4 Å². The van der Waals surface area contributed by atoms with Gasteiger partial charge in [0, 0.05) is 17.3 Å². The second-order valence-corrected chi connectivity index (χ2v) is 11.9. The van der Waals surface area contributed by atoms with Crippen molar-refractivity contribution < 1.29 is 13.2 Å². The Bertz CT molecular complexity index is 1620. The van der Waals surface area contributed by atoms with Gasteiger partial charge in [-0.25, -0.2) is 8.42 Å². The van der Waals surface area contributed by atoms with Gasteiger partial charge in [0.15, 0.2) is 0 Å². The summed E-state index contributed by atoms with van der Waals surface area (Å²) in [6.07, 6.45) is 5.22. The molecular weight excluding hydrogens is 539 g/mol. The van der Waals surface area contributed by atoms with Crippen molar-refractivity contribution in [3.63, 3.8) is 0 Å². The number of ether oxygens (including phenoxy) is 1. The normalized spacial score (nSPS) is 19.8. The fourth-order valence-corrected chi connectivity index (χ4v) is 6.61. The van der Waals surface area contributed by atoms with Crippen LogP contribution in [0.1, 0.15) is 29.5 Å². The quantitative estimate of drug-likeness (QED) is 0.231. The number of hydrogen-bond donors (Lipinski definition) is 2. The first-order valence-electron chi connectivity index (χ1n) is 12.3. The lowest BCUT2D eigenvalue weighted by molar-refractivity contribution is 0.425. The molecule has 0 aromatic heterocycles. The zero-order valence-corrected chi connectivity index (χ0v) is 22.5. The second kappa shape index (κ2) is 10.0. The molecule has 4 aromatic rings. The summed E-state index contributed by atoms with van der Waals surface area (Å²) >= 11 is 12.4. The van der Waals surface area contributed by atoms with Gasteiger partial charge in [-0.2, -0.15) is 0 Å². The predicted octanol–water partition coefficient (Wildman–Crippen LogP) is 8.41. The van der Waals surface area contributed by atoms with Crippen LogP contribution in [0, 0.1) is 5.92 Å². The minimum absolute atomic E-state index is 0.0365. The fraction of sp³-hybridized carbons (Fsp3) is 0.133. The van der Waals surface area contributed by atoms with Gasteiger partial charge in [0.1, 0.15) is 11.5 Å². The first kappa shape index (κ1) is 24.9. The molecule has 2 N–H and O–H groups in total. The van der Waals surface area contributed by atoms with E-state index in [1.54, 1.807) is 36.4 Å². The molecule has 0 spiro atoms. The number of halogens is 2. The van der Waals surface area contributed by atoms with E-state index in [1.807, 2.05) is 54.6 Å². The average molecular weight is 564 g/mol. The first-order chi connectivity index (χ1) is 18.4. The van der Waals surface area contributed by atoms with Gasteiger partial charge < -0.3 is 10.1 Å². The summed E-state index contributed by atoms with van der Waals surface area (Å²) < 4.78 is 35.1. The van der Waals surface area contributed by atoms with E-state index in [4.69, 9.17) is 27.9 Å². The highest BCUT2D eigenvalue weighted by molar-refractivity contribution is 7.92. The third kappa shape index (κ3) is 4.87. The molecular formula is C30H24Cl2N2O3S. The van der Waals surface area contributed by atoms with Crippen molar-refractivity contribution in [2.75, 3.05) is 10.0 Å². The molecule has 0 fully saturated rings. The van der Waals surface area contributed by atoms with Crippen molar-refractivity contribution in [3.05, 3.63) is 124 Å². The number of para-hydroxylation sites is 1. The Labute approximate surface area is 232 Å². The van der Waals surface area contributed by atoms with Crippen LogP contribution in [-0.2, 0) is 10.0 Å². The zero-order chi connectivity index (χ0) is 26.3. The van der Waals surface area contributed by atoms with Crippen molar-refractivity contribution in [2.24, 2.45) is 5.92 Å². The van der Waals surface area contributed by atoms with Gasteiger partial charge in [-0.05, 0) is 90.2 Å². The molecule has 0 saturated heterocycles. The number of allylic oxidation sites excluding steroid dienone is 2. The van der Waals surface area contributed by atoms with E-state index in [0.29, 0.717) is 27.2 Å². The Morgan fingerprint density at radius 1 is 0.842 bits per heavy atom. The number of nitrogens with one attached hydrogen (secondary N) is 2. The summed E-state index contributed by atoms with van der Waals surface area (Å²) in [6, 6.07) is 27.3. The number of rotatable bonds is 6. The van der Waals surface area contributed by atoms with Crippen LogP contribution >= 0.6 is 23.2 Å². The van der Waals surface area contributed by atoms with E-state index in [0.717, 1.165) is 23.2 Å². The number of sulfonamides is 1. The van der Waals surface area contributed by atoms with E-state index in [9.17, 15) is 8.42 Å². The summed E-state index contributed by atoms with van der Waals surface area (Å²) in [5, 5.41) is 4.66. The van der Waals surface area contributed by atoms with Gasteiger partial charge in [0.05, 0.1) is 21.0 Å². The molecule has 38 heavy (non-hydrogen) atoms. The van der Waals surface area contributed by atoms with E-state index < -0.39 is 10.0 Å². The Morgan fingerprint density at radius 2 is 1.61 bits per heavy atom. The molecule has 192 valence electrons. The highest BCUT2D eigenvalue weighted by Gasteiger charge is 2.38. The van der Waals surface area contributed by atoms with E-state index in [1.165, 1.54) is 0 Å². The Hall–Kier alpha value is -3.45. The SMILES string of the molecule is O=S(=O)(Nc1ccc(Oc2ccccc2)cc1)c1ccc2c(c1)[C@H]1C=CC[C@H]1[C@@H](c1ccc(Cl)c(Cl)c1)N2. The van der Waals surface area contributed by atoms with Gasteiger partial charge in [-0.1, -0.05) is 59.6 Å². The van der Waals surface area contributed by atoms with E-state index in [2.05, 4.69) is 22.2 Å². The van der Waals surface area contributed by atoms with Crippen molar-refractivity contribution in [1.29, 1.82) is 0 Å². The zero-order valence-electron chi connectivity index (χ0n) is 20.1. The average Bonchev–Trinajstić information content (AvgIpc) is 3.42. The summed E-state index contributed by atoms with van der Waals surface area (Å²) in [6.45, 7) is 0. The van der Waals surface area contributed by atoms with Crippen LogP contribution in [0.15, 0.2) is 108 Å². The molecule has 6 rings (SSSR count). The van der Waals surface area contributed by atoms with Crippen molar-refractivity contribution in [1.82, 2.24) is 0 Å². The van der Waals surface area contributed by atoms with Crippen molar-refractivity contribution in [3.8, 4) is 11.5 Å². The molecule has 2 aliphatic rings. The largest absolute Gasteiger partial charge is 0.457 e. The molecule has 1 aliphatic carbocycles. The lowest BCUT2D eigenvalue weighted by Crippen LogP contribution is -2.29. The highest BCUT2D eigenvalue weighted by Crippen LogP contribution is 2.50. The van der Waals surface area contributed by atoms with Crippen LogP contribution in [0.3, 0.4) is 0 Å². The van der Waals surface area contributed by atoms with Gasteiger partial charge in [-0.15, -0.1) is 0 Å². The van der Waals surface area contributed by atoms with E-state index in [-0.39, 0.29) is 22.8 Å². The minimum atomic E-state index is -3.80. The molecule has 4 aromatic carbocycles. The number of hydrogen-bond acceptors (Lipinski definition) is 4. The lowest BCUT2D eigenvalue weighted by atomic mass is 9.77. The molecule has 0 amide bonds. The van der Waals surface area contributed by atoms with Crippen LogP contribution in [0.25, 0.3) is 0 Å². The van der Waals surface area contributed by atoms with Gasteiger partial charge in [-0.3, -0.25) is 4.72 Å². The Kier molecular flexibility index (Phi) is 6.56. The molecule has 1 heterocycles. The highest BCUT2D eigenvalue weighted by atomic mass is 35.5. The molecule has 0 saturated carbocycles. The monoisotopic (exact) mass is 562 g/mol. The van der Waals surface area contributed by atoms with Crippen LogP contribution in [0.5, 0.6) is 11.5 Å². The van der Waals surface area contributed by atoms with Gasteiger partial charge >= 0.3 is 0 Å². The van der Waals surface area contributed by atoms with Crippen LogP contribution in [0.2, 0.25) is 10.0 Å². The molecule has 1 aliphatic heterocycles. The number of fused-ring (bicyclic) bond motifs is 3. The standard InChI is InChI=1S/C30H24Cl2N2O3S/c31-27-15-9-19(17-28(27)32)30-25-8-4-7-24(25)26-18-23(14-16-29(26)33-30)38(35,36)34-20-10-12-22(13-11-20)37-21-5-2-1-3-6-21/h1-7,9-18,24-25,30,33-34H,8H2/t24-,25+,30+/m0/s1. The number of anilines is 2. The van der Waals surface area contributed by atoms with Crippen LogP contribution in [-0.4, -0.2) is 8.42 Å². The third-order valence-corrected chi connectivity index (χ3v) is 9.15. The molecule has 0 unspecified atom stereocenters. The molecule has 0 bridgehead atoms. The predicted molar refractivity (Wildman–Crippen MR) is 153 cm³/mol. The smallest absolute Gasteiger partial charge is 0.261 e. The lowest BCUT2D eigenvalue weighted by Gasteiger charge is -2.37. The van der Waals surface area contributed by atoms with Crippen LogP contribution < -0.4 is 14.8 Å². The molecule has 5 nitrogen and oxygen atoms in total. The summed E-state index contributed by atoms with van der Waals surface area (Å²) in [5.41, 5.74) is 3.39. The third-order valence-electron chi connectivity index (χ3n) is 7.03. The maximum atomic E-state index is 13.3. The van der Waals surface area contributed by atoms with Gasteiger partial charge in [0.2, 0.25) is 0 Å². The minimum Gasteiger partial charge on any atom is -0.457 e. The summed E-state index contributed by atoms with van der Waals surface area (Å²) in [4.78, 5) is 0.217.